The number of likely N-dealkylation sites (N-methyl/N-ethyl adjacent to an activating group) is 1. The molecule has 0 heterocycles. The molecule has 21 heavy (non-hydrogen) atoms. The minimum atomic E-state index is 0.311. The van der Waals surface area contributed by atoms with E-state index < -0.39 is 0 Å². The van der Waals surface area contributed by atoms with Crippen molar-refractivity contribution >= 4 is 17.3 Å². The lowest BCUT2D eigenvalue weighted by Gasteiger charge is -2.22. The molecule has 1 N–H and O–H groups in total. The van der Waals surface area contributed by atoms with Crippen LogP contribution in [0.4, 0.5) is 5.69 Å². The third kappa shape index (κ3) is 4.23. The van der Waals surface area contributed by atoms with E-state index in [4.69, 9.17) is 11.6 Å². The Balaban J connectivity index is 2.04. The predicted octanol–water partition coefficient (Wildman–Crippen LogP) is 4.30. The van der Waals surface area contributed by atoms with E-state index >= 15 is 0 Å². The summed E-state index contributed by atoms with van der Waals surface area (Å²) in [5.41, 5.74) is 3.64. The highest BCUT2D eigenvalue weighted by Crippen LogP contribution is 2.28. The number of hydrogen-bond acceptors (Lipinski definition) is 2. The molecule has 3 heteroatoms. The van der Waals surface area contributed by atoms with Crippen LogP contribution in [0.2, 0.25) is 5.02 Å². The predicted molar refractivity (Wildman–Crippen MR) is 92.3 cm³/mol. The first-order chi connectivity index (χ1) is 10.1. The van der Waals surface area contributed by atoms with Gasteiger partial charge in [-0.25, -0.2) is 0 Å². The Morgan fingerprint density at radius 1 is 1.14 bits per heavy atom. The monoisotopic (exact) mass is 302 g/mol. The molecule has 0 aromatic heterocycles. The van der Waals surface area contributed by atoms with Crippen molar-refractivity contribution in [3.63, 3.8) is 0 Å². The summed E-state index contributed by atoms with van der Waals surface area (Å²) in [6, 6.07) is 17.1. The summed E-state index contributed by atoms with van der Waals surface area (Å²) in [6.45, 7) is 3.08. The molecule has 112 valence electrons. The quantitative estimate of drug-likeness (QED) is 0.856. The largest absolute Gasteiger partial charge is 0.373 e. The van der Waals surface area contributed by atoms with Crippen molar-refractivity contribution in [3.05, 3.63) is 64.7 Å². The van der Waals surface area contributed by atoms with Crippen molar-refractivity contribution in [2.45, 2.75) is 19.4 Å². The highest BCUT2D eigenvalue weighted by molar-refractivity contribution is 6.33. The van der Waals surface area contributed by atoms with E-state index in [9.17, 15) is 0 Å². The minimum Gasteiger partial charge on any atom is -0.373 e. The van der Waals surface area contributed by atoms with Gasteiger partial charge in [0.1, 0.15) is 0 Å². The van der Waals surface area contributed by atoms with Crippen molar-refractivity contribution in [2.75, 3.05) is 25.5 Å². The second-order valence-electron chi connectivity index (χ2n) is 5.38. The van der Waals surface area contributed by atoms with Gasteiger partial charge in [-0.15, -0.1) is 0 Å². The molecule has 2 rings (SSSR count). The van der Waals surface area contributed by atoms with Crippen LogP contribution in [-0.2, 0) is 6.42 Å². The molecule has 1 atom stereocenters. The van der Waals surface area contributed by atoms with Gasteiger partial charge in [-0.2, -0.15) is 0 Å². The second kappa shape index (κ2) is 7.48. The van der Waals surface area contributed by atoms with Crippen LogP contribution in [0, 0.1) is 0 Å². The molecule has 0 aliphatic carbocycles. The molecule has 2 nitrogen and oxygen atoms in total. The smallest absolute Gasteiger partial charge is 0.0642 e. The van der Waals surface area contributed by atoms with Gasteiger partial charge >= 0.3 is 0 Å². The van der Waals surface area contributed by atoms with Crippen LogP contribution in [0.25, 0.3) is 0 Å². The molecule has 0 spiro atoms. The first kappa shape index (κ1) is 15.9. The lowest BCUT2D eigenvalue weighted by atomic mass is 10.1. The number of rotatable bonds is 6. The fraction of sp³-hybridized carbons (Fsp3) is 0.333. The molecule has 0 fully saturated rings. The van der Waals surface area contributed by atoms with Gasteiger partial charge in [0, 0.05) is 19.6 Å². The van der Waals surface area contributed by atoms with E-state index in [0.29, 0.717) is 6.04 Å². The Hall–Kier alpha value is -1.51. The molecule has 2 aromatic carbocycles. The fourth-order valence-corrected chi connectivity index (χ4v) is 2.66. The molecule has 0 radical (unpaired) electrons. The molecular formula is C18H23ClN2. The molecule has 0 amide bonds. The molecule has 0 bridgehead atoms. The topological polar surface area (TPSA) is 15.3 Å². The van der Waals surface area contributed by atoms with Crippen LogP contribution in [0.15, 0.2) is 48.5 Å². The third-order valence-corrected chi connectivity index (χ3v) is 4.20. The highest BCUT2D eigenvalue weighted by Gasteiger charge is 2.09. The molecular weight excluding hydrogens is 280 g/mol. The van der Waals surface area contributed by atoms with Crippen molar-refractivity contribution in [1.29, 1.82) is 0 Å². The van der Waals surface area contributed by atoms with Crippen LogP contribution in [-0.4, -0.2) is 20.6 Å². The number of hydrogen-bond donors (Lipinski definition) is 1. The van der Waals surface area contributed by atoms with Gasteiger partial charge in [-0.1, -0.05) is 48.0 Å². The number of nitrogens with zero attached hydrogens (tertiary/aromatic N) is 1. The summed E-state index contributed by atoms with van der Waals surface area (Å²) in [5.74, 6) is 0. The van der Waals surface area contributed by atoms with Gasteiger partial charge in [0.15, 0.2) is 0 Å². The summed E-state index contributed by atoms with van der Waals surface area (Å²) in [7, 11) is 4.05. The summed E-state index contributed by atoms with van der Waals surface area (Å²) in [5, 5.41) is 4.04. The molecule has 0 aliphatic rings. The van der Waals surface area contributed by atoms with Gasteiger partial charge in [-0.05, 0) is 43.7 Å². The van der Waals surface area contributed by atoms with E-state index in [1.807, 2.05) is 13.1 Å². The summed E-state index contributed by atoms with van der Waals surface area (Å²) >= 11 is 6.44. The molecule has 0 saturated carbocycles. The Morgan fingerprint density at radius 3 is 2.48 bits per heavy atom. The zero-order valence-corrected chi connectivity index (χ0v) is 13.7. The Labute approximate surface area is 132 Å². The number of nitrogens with one attached hydrogen (secondary N) is 1. The van der Waals surface area contributed by atoms with Crippen LogP contribution in [0.1, 0.15) is 24.1 Å². The Morgan fingerprint density at radius 2 is 1.86 bits per heavy atom. The lowest BCUT2D eigenvalue weighted by Crippen LogP contribution is -2.21. The van der Waals surface area contributed by atoms with E-state index in [-0.39, 0.29) is 0 Å². The first-order valence-electron chi connectivity index (χ1n) is 7.33. The zero-order chi connectivity index (χ0) is 15.2. The van der Waals surface area contributed by atoms with Gasteiger partial charge in [0.25, 0.3) is 0 Å². The molecule has 1 unspecified atom stereocenters. The Bertz CT molecular complexity index is 569. The zero-order valence-electron chi connectivity index (χ0n) is 12.9. The molecule has 0 aliphatic heterocycles. The maximum atomic E-state index is 6.44. The fourth-order valence-electron chi connectivity index (χ4n) is 2.33. The first-order valence-corrected chi connectivity index (χ1v) is 7.71. The number of anilines is 1. The summed E-state index contributed by atoms with van der Waals surface area (Å²) in [4.78, 5) is 2.21. The van der Waals surface area contributed by atoms with Gasteiger partial charge < -0.3 is 10.2 Å². The summed E-state index contributed by atoms with van der Waals surface area (Å²) < 4.78 is 0. The molecule has 0 saturated heterocycles. The SMILES string of the molecule is CNC(C)c1ccc(N(C)CCc2ccccc2)c(Cl)c1. The van der Waals surface area contributed by atoms with Crippen LogP contribution >= 0.6 is 11.6 Å². The maximum Gasteiger partial charge on any atom is 0.0642 e. The molecule has 2 aromatic rings. The van der Waals surface area contributed by atoms with Gasteiger partial charge in [0.2, 0.25) is 0 Å². The standard InChI is InChI=1S/C18H23ClN2/c1-14(20-2)16-9-10-18(17(19)13-16)21(3)12-11-15-7-5-4-6-8-15/h4-10,13-14,20H,11-12H2,1-3H3. The Kier molecular flexibility index (Phi) is 5.66. The highest BCUT2D eigenvalue weighted by atomic mass is 35.5. The van der Waals surface area contributed by atoms with E-state index in [2.05, 4.69) is 66.7 Å². The van der Waals surface area contributed by atoms with Gasteiger partial charge in [-0.3, -0.25) is 0 Å². The van der Waals surface area contributed by atoms with Crippen LogP contribution in [0.3, 0.4) is 0 Å². The van der Waals surface area contributed by atoms with Crippen molar-refractivity contribution < 1.29 is 0 Å². The van der Waals surface area contributed by atoms with E-state index in [1.165, 1.54) is 11.1 Å². The lowest BCUT2D eigenvalue weighted by molar-refractivity contribution is 0.652. The van der Waals surface area contributed by atoms with E-state index in [0.717, 1.165) is 23.7 Å². The number of halogens is 1. The number of benzene rings is 2. The van der Waals surface area contributed by atoms with E-state index in [1.54, 1.807) is 0 Å². The summed E-state index contributed by atoms with van der Waals surface area (Å²) in [6.07, 6.45) is 1.02. The van der Waals surface area contributed by atoms with Crippen molar-refractivity contribution in [2.24, 2.45) is 0 Å². The second-order valence-corrected chi connectivity index (χ2v) is 5.79. The van der Waals surface area contributed by atoms with Gasteiger partial charge in [0.05, 0.1) is 10.7 Å². The maximum absolute atomic E-state index is 6.44. The van der Waals surface area contributed by atoms with Crippen LogP contribution < -0.4 is 10.2 Å². The normalized spacial score (nSPS) is 12.2. The average molecular weight is 303 g/mol. The van der Waals surface area contributed by atoms with Crippen molar-refractivity contribution in [1.82, 2.24) is 5.32 Å². The third-order valence-electron chi connectivity index (χ3n) is 3.89. The van der Waals surface area contributed by atoms with Crippen molar-refractivity contribution in [3.8, 4) is 0 Å². The minimum absolute atomic E-state index is 0.311. The van der Waals surface area contributed by atoms with Crippen LogP contribution in [0.5, 0.6) is 0 Å². The average Bonchev–Trinajstić information content (AvgIpc) is 2.52.